The lowest BCUT2D eigenvalue weighted by Gasteiger charge is -2.32. The lowest BCUT2D eigenvalue weighted by molar-refractivity contribution is 0.0665. The highest BCUT2D eigenvalue weighted by Crippen LogP contribution is 2.37. The molecule has 172 valence electrons. The number of para-hydroxylation sites is 1. The minimum Gasteiger partial charge on any atom is -0.497 e. The first-order valence-corrected chi connectivity index (χ1v) is 11.9. The Hall–Kier alpha value is -2.72. The van der Waals surface area contributed by atoms with Crippen LogP contribution in [0, 0.1) is 0 Å². The van der Waals surface area contributed by atoms with Crippen molar-refractivity contribution in [3.05, 3.63) is 57.9 Å². The first-order chi connectivity index (χ1) is 15.9. The Morgan fingerprint density at radius 3 is 2.58 bits per heavy atom. The summed E-state index contributed by atoms with van der Waals surface area (Å²) in [7, 11) is 3.62. The molecule has 1 saturated heterocycles. The van der Waals surface area contributed by atoms with Crippen LogP contribution in [0.2, 0.25) is 5.02 Å². The molecule has 0 spiro atoms. The number of carbonyl (C=O) groups excluding carboxylic acids is 2. The van der Waals surface area contributed by atoms with Crippen LogP contribution in [0.25, 0.3) is 10.1 Å². The third-order valence-corrected chi connectivity index (χ3v) is 7.33. The molecule has 2 amide bonds. The van der Waals surface area contributed by atoms with E-state index in [4.69, 9.17) is 28.6 Å². The standard InChI is InChI=1S/C23H23ClN4O3S2/c1-27-9-11-28(12-10-27)22(30)15-5-3-4-6-17(15)25-23(32)26-21(29)20-19(24)16-8-7-14(31-2)13-18(16)33-20/h3-8,13H,9-12H2,1-2H3,(H2,25,26,29,32). The number of likely N-dealkylation sites (N-methyl/N-ethyl adjacent to an activating group) is 1. The van der Waals surface area contributed by atoms with E-state index in [1.54, 1.807) is 31.4 Å². The van der Waals surface area contributed by atoms with Gasteiger partial charge in [0.2, 0.25) is 0 Å². The lowest BCUT2D eigenvalue weighted by atomic mass is 10.1. The van der Waals surface area contributed by atoms with E-state index < -0.39 is 5.91 Å². The van der Waals surface area contributed by atoms with Gasteiger partial charge in [0.05, 0.1) is 23.4 Å². The van der Waals surface area contributed by atoms with E-state index in [0.29, 0.717) is 40.0 Å². The molecular weight excluding hydrogens is 480 g/mol. The van der Waals surface area contributed by atoms with Gasteiger partial charge in [-0.15, -0.1) is 11.3 Å². The van der Waals surface area contributed by atoms with Gasteiger partial charge in [0.1, 0.15) is 10.6 Å². The fraction of sp³-hybridized carbons (Fsp3) is 0.261. The maximum atomic E-state index is 13.1. The van der Waals surface area contributed by atoms with Gasteiger partial charge in [-0.2, -0.15) is 0 Å². The molecule has 1 aromatic heterocycles. The van der Waals surface area contributed by atoms with Crippen LogP contribution in [-0.2, 0) is 0 Å². The Morgan fingerprint density at radius 1 is 1.12 bits per heavy atom. The molecule has 2 heterocycles. The zero-order chi connectivity index (χ0) is 23.5. The summed E-state index contributed by atoms with van der Waals surface area (Å²) < 4.78 is 6.08. The van der Waals surface area contributed by atoms with E-state index in [1.165, 1.54) is 11.3 Å². The quantitative estimate of drug-likeness (QED) is 0.524. The number of piperazine rings is 1. The van der Waals surface area contributed by atoms with Crippen molar-refractivity contribution >= 4 is 67.9 Å². The minimum atomic E-state index is -0.416. The third-order valence-electron chi connectivity index (χ3n) is 5.47. The van der Waals surface area contributed by atoms with Gasteiger partial charge in [-0.1, -0.05) is 23.7 Å². The number of nitrogens with one attached hydrogen (secondary N) is 2. The highest BCUT2D eigenvalue weighted by atomic mass is 35.5. The number of hydrogen-bond donors (Lipinski definition) is 2. The monoisotopic (exact) mass is 502 g/mol. The van der Waals surface area contributed by atoms with Crippen LogP contribution in [-0.4, -0.2) is 67.1 Å². The minimum absolute atomic E-state index is 0.0678. The molecule has 7 nitrogen and oxygen atoms in total. The molecule has 0 unspecified atom stereocenters. The molecule has 1 aliphatic heterocycles. The van der Waals surface area contributed by atoms with E-state index in [2.05, 4.69) is 15.5 Å². The van der Waals surface area contributed by atoms with Crippen molar-refractivity contribution in [1.82, 2.24) is 15.1 Å². The molecule has 2 N–H and O–H groups in total. The number of ether oxygens (including phenoxy) is 1. The molecule has 3 aromatic rings. The van der Waals surface area contributed by atoms with Crippen LogP contribution < -0.4 is 15.4 Å². The fourth-order valence-corrected chi connectivity index (χ4v) is 5.23. The highest BCUT2D eigenvalue weighted by molar-refractivity contribution is 7.80. The lowest BCUT2D eigenvalue weighted by Crippen LogP contribution is -2.47. The van der Waals surface area contributed by atoms with Gasteiger partial charge in [0.15, 0.2) is 5.11 Å². The average molecular weight is 503 g/mol. The summed E-state index contributed by atoms with van der Waals surface area (Å²) in [6.07, 6.45) is 0. The van der Waals surface area contributed by atoms with Gasteiger partial charge in [0, 0.05) is 36.3 Å². The molecule has 2 aromatic carbocycles. The Labute approximate surface area is 206 Å². The van der Waals surface area contributed by atoms with Crippen LogP contribution in [0.15, 0.2) is 42.5 Å². The molecule has 0 bridgehead atoms. The third kappa shape index (κ3) is 5.11. The van der Waals surface area contributed by atoms with Gasteiger partial charge in [-0.25, -0.2) is 0 Å². The van der Waals surface area contributed by atoms with E-state index in [0.717, 1.165) is 23.2 Å². The molecule has 0 atom stereocenters. The Bertz CT molecular complexity index is 1220. The molecule has 33 heavy (non-hydrogen) atoms. The Balaban J connectivity index is 1.47. The number of amides is 2. The molecular formula is C23H23ClN4O3S2. The van der Waals surface area contributed by atoms with Crippen molar-refractivity contribution < 1.29 is 14.3 Å². The number of hydrogen-bond acceptors (Lipinski definition) is 6. The van der Waals surface area contributed by atoms with Crippen LogP contribution in [0.1, 0.15) is 20.0 Å². The summed E-state index contributed by atoms with van der Waals surface area (Å²) in [6.45, 7) is 3.00. The molecule has 1 aliphatic rings. The largest absolute Gasteiger partial charge is 0.497 e. The summed E-state index contributed by atoms with van der Waals surface area (Å²) in [4.78, 5) is 30.3. The zero-order valence-electron chi connectivity index (χ0n) is 18.2. The van der Waals surface area contributed by atoms with Crippen LogP contribution in [0.5, 0.6) is 5.75 Å². The van der Waals surface area contributed by atoms with Gasteiger partial charge in [-0.05, 0) is 49.6 Å². The number of fused-ring (bicyclic) bond motifs is 1. The maximum Gasteiger partial charge on any atom is 0.269 e. The number of anilines is 1. The molecule has 0 saturated carbocycles. The SMILES string of the molecule is COc1ccc2c(Cl)c(C(=O)NC(=S)Nc3ccccc3C(=O)N3CCN(C)CC3)sc2c1. The van der Waals surface area contributed by atoms with Crippen molar-refractivity contribution in [3.8, 4) is 5.75 Å². The second kappa shape index (κ2) is 10.0. The normalized spacial score (nSPS) is 14.2. The maximum absolute atomic E-state index is 13.1. The van der Waals surface area contributed by atoms with Gasteiger partial charge < -0.3 is 19.9 Å². The van der Waals surface area contributed by atoms with E-state index in [1.807, 2.05) is 30.1 Å². The zero-order valence-corrected chi connectivity index (χ0v) is 20.6. The second-order valence-electron chi connectivity index (χ2n) is 7.66. The van der Waals surface area contributed by atoms with Crippen LogP contribution >= 0.6 is 35.2 Å². The predicted molar refractivity (Wildman–Crippen MR) is 137 cm³/mol. The smallest absolute Gasteiger partial charge is 0.269 e. The number of carbonyl (C=O) groups is 2. The number of halogens is 1. The summed E-state index contributed by atoms with van der Waals surface area (Å²) in [6, 6.07) is 12.6. The molecule has 4 rings (SSSR count). The Morgan fingerprint density at radius 2 is 1.85 bits per heavy atom. The summed E-state index contributed by atoms with van der Waals surface area (Å²) in [5, 5.41) is 6.89. The molecule has 10 heteroatoms. The van der Waals surface area contributed by atoms with Crippen LogP contribution in [0.3, 0.4) is 0 Å². The summed E-state index contributed by atoms with van der Waals surface area (Å²) in [5.41, 5.74) is 1.05. The molecule has 0 radical (unpaired) electrons. The van der Waals surface area contributed by atoms with Crippen molar-refractivity contribution in [2.24, 2.45) is 0 Å². The van der Waals surface area contributed by atoms with Crippen molar-refractivity contribution in [3.63, 3.8) is 0 Å². The van der Waals surface area contributed by atoms with Gasteiger partial charge in [-0.3, -0.25) is 14.9 Å². The number of nitrogens with zero attached hydrogens (tertiary/aromatic N) is 2. The first-order valence-electron chi connectivity index (χ1n) is 10.3. The van der Waals surface area contributed by atoms with E-state index >= 15 is 0 Å². The number of thiocarbonyl (C=S) groups is 1. The molecule has 0 aliphatic carbocycles. The van der Waals surface area contributed by atoms with Crippen LogP contribution in [0.4, 0.5) is 5.69 Å². The Kier molecular flexibility index (Phi) is 7.14. The predicted octanol–water partition coefficient (Wildman–Crippen LogP) is 4.08. The van der Waals surface area contributed by atoms with Gasteiger partial charge >= 0.3 is 0 Å². The highest BCUT2D eigenvalue weighted by Gasteiger charge is 2.23. The van der Waals surface area contributed by atoms with Gasteiger partial charge in [0.25, 0.3) is 11.8 Å². The number of benzene rings is 2. The average Bonchev–Trinajstić information content (AvgIpc) is 3.15. The number of thiophene rings is 1. The van der Waals surface area contributed by atoms with E-state index in [9.17, 15) is 9.59 Å². The number of rotatable bonds is 4. The number of methoxy groups -OCH3 is 1. The molecule has 1 fully saturated rings. The fourth-order valence-electron chi connectivity index (χ4n) is 3.59. The second-order valence-corrected chi connectivity index (χ2v) is 9.49. The first kappa shape index (κ1) is 23.4. The summed E-state index contributed by atoms with van der Waals surface area (Å²) in [5.74, 6) is 0.202. The topological polar surface area (TPSA) is 73.9 Å². The van der Waals surface area contributed by atoms with Crippen molar-refractivity contribution in [1.29, 1.82) is 0 Å². The van der Waals surface area contributed by atoms with E-state index in [-0.39, 0.29) is 11.0 Å². The summed E-state index contributed by atoms with van der Waals surface area (Å²) >= 11 is 13.1. The van der Waals surface area contributed by atoms with Crippen molar-refractivity contribution in [2.75, 3.05) is 45.7 Å². The van der Waals surface area contributed by atoms with Crippen molar-refractivity contribution in [2.45, 2.75) is 0 Å².